The van der Waals surface area contributed by atoms with Crippen LogP contribution in [0.3, 0.4) is 0 Å². The first-order valence-corrected chi connectivity index (χ1v) is 5.32. The lowest BCUT2D eigenvalue weighted by Gasteiger charge is -2.15. The molecule has 5 rings (SSSR count). The Labute approximate surface area is 77.3 Å². The highest BCUT2D eigenvalue weighted by Crippen LogP contribution is 2.81. The van der Waals surface area contributed by atoms with Crippen molar-refractivity contribution in [1.29, 1.82) is 0 Å². The van der Waals surface area contributed by atoms with Gasteiger partial charge in [0.25, 0.3) is 0 Å². The van der Waals surface area contributed by atoms with Crippen LogP contribution in [0.5, 0.6) is 0 Å². The van der Waals surface area contributed by atoms with Crippen LogP contribution in [0, 0.1) is 35.5 Å². The van der Waals surface area contributed by atoms with Gasteiger partial charge in [0.1, 0.15) is 0 Å². The number of hydrogen-bond donors (Lipinski definition) is 2. The SMILES string of the molecule is OCC1=C(CO)C2C3CC4C(C13)C42. The Morgan fingerprint density at radius 1 is 0.923 bits per heavy atom. The number of hydrogen-bond acceptors (Lipinski definition) is 2. The van der Waals surface area contributed by atoms with E-state index in [1.54, 1.807) is 0 Å². The molecule has 5 aliphatic carbocycles. The maximum absolute atomic E-state index is 9.29. The zero-order valence-corrected chi connectivity index (χ0v) is 7.48. The topological polar surface area (TPSA) is 40.5 Å². The van der Waals surface area contributed by atoms with Crippen molar-refractivity contribution in [3.8, 4) is 0 Å². The summed E-state index contributed by atoms with van der Waals surface area (Å²) in [7, 11) is 0. The van der Waals surface area contributed by atoms with Crippen molar-refractivity contribution in [3.05, 3.63) is 11.1 Å². The van der Waals surface area contributed by atoms with E-state index in [4.69, 9.17) is 0 Å². The van der Waals surface area contributed by atoms with Crippen LogP contribution in [0.2, 0.25) is 0 Å². The van der Waals surface area contributed by atoms with E-state index >= 15 is 0 Å². The Balaban J connectivity index is 1.86. The number of rotatable bonds is 2. The Bertz CT molecular complexity index is 292. The standard InChI is InChI=1S/C11H14O2/c12-2-6-7(3-13)9-4-1-5-10(8(4)6)11(5)9/h4-5,8-13H,1-3H2. The van der Waals surface area contributed by atoms with Crippen LogP contribution in [0.15, 0.2) is 11.1 Å². The lowest BCUT2D eigenvalue weighted by Crippen LogP contribution is -2.11. The van der Waals surface area contributed by atoms with Crippen molar-refractivity contribution in [2.24, 2.45) is 35.5 Å². The normalized spacial score (nSPS) is 59.5. The zero-order chi connectivity index (χ0) is 8.74. The quantitative estimate of drug-likeness (QED) is 0.601. The van der Waals surface area contributed by atoms with Gasteiger partial charge in [0.2, 0.25) is 0 Å². The van der Waals surface area contributed by atoms with E-state index in [0.717, 1.165) is 23.7 Å². The van der Waals surface area contributed by atoms with Crippen LogP contribution in [0.1, 0.15) is 6.42 Å². The molecule has 0 aromatic heterocycles. The maximum Gasteiger partial charge on any atom is 0.0648 e. The highest BCUT2D eigenvalue weighted by atomic mass is 16.3. The third-order valence-corrected chi connectivity index (χ3v) is 5.15. The molecule has 2 N–H and O–H groups in total. The summed E-state index contributed by atoms with van der Waals surface area (Å²) in [5.41, 5.74) is 2.44. The van der Waals surface area contributed by atoms with Gasteiger partial charge in [-0.3, -0.25) is 0 Å². The third-order valence-electron chi connectivity index (χ3n) is 5.15. The van der Waals surface area contributed by atoms with Crippen LogP contribution in [0.25, 0.3) is 0 Å². The zero-order valence-electron chi connectivity index (χ0n) is 7.48. The molecule has 0 aliphatic heterocycles. The van der Waals surface area contributed by atoms with Crippen molar-refractivity contribution >= 4 is 0 Å². The molecular weight excluding hydrogens is 164 g/mol. The van der Waals surface area contributed by atoms with E-state index in [0.29, 0.717) is 11.8 Å². The minimum Gasteiger partial charge on any atom is -0.392 e. The van der Waals surface area contributed by atoms with Crippen LogP contribution in [0.4, 0.5) is 0 Å². The summed E-state index contributed by atoms with van der Waals surface area (Å²) in [6.07, 6.45) is 1.39. The molecule has 4 unspecified atom stereocenters. The molecule has 0 aromatic carbocycles. The van der Waals surface area contributed by atoms with Gasteiger partial charge in [-0.15, -0.1) is 0 Å². The van der Waals surface area contributed by atoms with E-state index in [2.05, 4.69) is 0 Å². The molecule has 2 heteroatoms. The fourth-order valence-electron chi connectivity index (χ4n) is 4.98. The second-order valence-corrected chi connectivity index (χ2v) is 5.14. The van der Waals surface area contributed by atoms with Crippen molar-refractivity contribution in [3.63, 3.8) is 0 Å². The minimum atomic E-state index is 0.198. The summed E-state index contributed by atoms with van der Waals surface area (Å²) in [4.78, 5) is 0. The van der Waals surface area contributed by atoms with Crippen LogP contribution in [-0.2, 0) is 0 Å². The summed E-state index contributed by atoms with van der Waals surface area (Å²) in [5.74, 6) is 5.02. The predicted octanol–water partition coefficient (Wildman–Crippen LogP) is 0.409. The first kappa shape index (κ1) is 7.02. The van der Waals surface area contributed by atoms with Gasteiger partial charge >= 0.3 is 0 Å². The van der Waals surface area contributed by atoms with Gasteiger partial charge in [0.05, 0.1) is 13.2 Å². The largest absolute Gasteiger partial charge is 0.392 e. The van der Waals surface area contributed by atoms with Gasteiger partial charge < -0.3 is 10.2 Å². The highest BCUT2D eigenvalue weighted by molar-refractivity contribution is 5.44. The summed E-state index contributed by atoms with van der Waals surface area (Å²) in [6.45, 7) is 0.396. The molecule has 6 bridgehead atoms. The van der Waals surface area contributed by atoms with E-state index in [-0.39, 0.29) is 13.2 Å². The molecule has 0 amide bonds. The lowest BCUT2D eigenvalue weighted by molar-refractivity contribution is 0.292. The summed E-state index contributed by atoms with van der Waals surface area (Å²) >= 11 is 0. The lowest BCUT2D eigenvalue weighted by atomic mass is 9.93. The average molecular weight is 178 g/mol. The fourth-order valence-corrected chi connectivity index (χ4v) is 4.98. The molecule has 0 aromatic rings. The molecule has 4 atom stereocenters. The van der Waals surface area contributed by atoms with Gasteiger partial charge in [-0.25, -0.2) is 0 Å². The molecule has 0 spiro atoms. The van der Waals surface area contributed by atoms with E-state index in [1.165, 1.54) is 17.6 Å². The number of aliphatic hydroxyl groups is 2. The first-order valence-electron chi connectivity index (χ1n) is 5.32. The molecule has 4 fully saturated rings. The van der Waals surface area contributed by atoms with Crippen molar-refractivity contribution < 1.29 is 10.2 Å². The average Bonchev–Trinajstić information content (AvgIpc) is 2.59. The smallest absolute Gasteiger partial charge is 0.0648 e. The Morgan fingerprint density at radius 3 is 1.85 bits per heavy atom. The third kappa shape index (κ3) is 0.522. The van der Waals surface area contributed by atoms with Crippen LogP contribution < -0.4 is 0 Å². The molecule has 0 radical (unpaired) electrons. The Kier molecular flexibility index (Phi) is 1.01. The molecule has 13 heavy (non-hydrogen) atoms. The Morgan fingerprint density at radius 2 is 1.46 bits per heavy atom. The van der Waals surface area contributed by atoms with Crippen LogP contribution in [-0.4, -0.2) is 23.4 Å². The molecule has 0 heterocycles. The van der Waals surface area contributed by atoms with Gasteiger partial charge in [0, 0.05) is 0 Å². The fraction of sp³-hybridized carbons (Fsp3) is 0.818. The number of aliphatic hydroxyl groups excluding tert-OH is 2. The molecule has 4 saturated carbocycles. The Hall–Kier alpha value is -0.340. The predicted molar refractivity (Wildman–Crippen MR) is 46.8 cm³/mol. The molecule has 0 saturated heterocycles. The van der Waals surface area contributed by atoms with E-state index in [1.807, 2.05) is 0 Å². The van der Waals surface area contributed by atoms with Crippen molar-refractivity contribution in [1.82, 2.24) is 0 Å². The first-order chi connectivity index (χ1) is 6.38. The van der Waals surface area contributed by atoms with Crippen molar-refractivity contribution in [2.45, 2.75) is 6.42 Å². The minimum absolute atomic E-state index is 0.198. The second kappa shape index (κ2) is 1.86. The molecular formula is C11H14O2. The van der Waals surface area contributed by atoms with E-state index < -0.39 is 0 Å². The molecule has 2 nitrogen and oxygen atoms in total. The maximum atomic E-state index is 9.29. The summed E-state index contributed by atoms with van der Waals surface area (Å²) in [5, 5.41) is 18.6. The van der Waals surface area contributed by atoms with Crippen molar-refractivity contribution in [2.75, 3.05) is 13.2 Å². The monoisotopic (exact) mass is 178 g/mol. The van der Waals surface area contributed by atoms with Gasteiger partial charge in [-0.05, 0) is 53.1 Å². The summed E-state index contributed by atoms with van der Waals surface area (Å²) < 4.78 is 0. The highest BCUT2D eigenvalue weighted by Gasteiger charge is 2.77. The van der Waals surface area contributed by atoms with Gasteiger partial charge in [-0.1, -0.05) is 0 Å². The molecule has 70 valence electrons. The van der Waals surface area contributed by atoms with Gasteiger partial charge in [-0.2, -0.15) is 0 Å². The van der Waals surface area contributed by atoms with Crippen LogP contribution >= 0.6 is 0 Å². The second-order valence-electron chi connectivity index (χ2n) is 5.14. The van der Waals surface area contributed by atoms with E-state index in [9.17, 15) is 10.2 Å². The van der Waals surface area contributed by atoms with Gasteiger partial charge in [0.15, 0.2) is 0 Å². The molecule has 5 aliphatic rings. The summed E-state index contributed by atoms with van der Waals surface area (Å²) in [6, 6.07) is 0.